The van der Waals surface area contributed by atoms with Gasteiger partial charge in [0, 0.05) is 18.5 Å². The highest BCUT2D eigenvalue weighted by Crippen LogP contribution is 2.28. The average molecular weight is 514 g/mol. The quantitative estimate of drug-likeness (QED) is 0.202. The first-order chi connectivity index (χ1) is 18.5. The molecule has 0 aliphatic carbocycles. The summed E-state index contributed by atoms with van der Waals surface area (Å²) in [5.74, 6) is 3.09. The number of rotatable bonds is 13. The number of amides is 1. The van der Waals surface area contributed by atoms with E-state index in [0.29, 0.717) is 30.4 Å². The lowest BCUT2D eigenvalue weighted by atomic mass is 10.0. The molecular weight excluding hydrogens is 474 g/mol. The first-order valence-electron chi connectivity index (χ1n) is 13.6. The van der Waals surface area contributed by atoms with E-state index in [1.54, 1.807) is 19.2 Å². The number of methoxy groups -OCH3 is 1. The summed E-state index contributed by atoms with van der Waals surface area (Å²) in [6.45, 7) is 8.48. The number of nitrogens with one attached hydrogen (secondary N) is 1. The molecule has 0 saturated carbocycles. The van der Waals surface area contributed by atoms with E-state index in [-0.39, 0.29) is 5.91 Å². The molecule has 0 aliphatic heterocycles. The van der Waals surface area contributed by atoms with Crippen molar-refractivity contribution < 1.29 is 14.3 Å². The Hall–Kier alpha value is -3.80. The standard InChI is InChI=1S/C32H39N3O3/c1-23(2)27-17-16-24(3)21-30(27)38-20-19-35-29-14-8-7-13-28(29)34-31(35)15-6-5-9-18-33-32(36)25-11-10-12-26(22-25)37-4/h7-8,10-14,16-17,21-23H,5-6,9,15,18-20H2,1-4H3,(H,33,36). The molecule has 1 amide bonds. The molecule has 1 heterocycles. The Morgan fingerprint density at radius 2 is 1.84 bits per heavy atom. The molecule has 4 rings (SSSR count). The number of carbonyl (C=O) groups is 1. The highest BCUT2D eigenvalue weighted by atomic mass is 16.5. The SMILES string of the molecule is COc1cccc(C(=O)NCCCCCc2nc3ccccc3n2CCOc2cc(C)ccc2C(C)C)c1. The molecule has 4 aromatic rings. The summed E-state index contributed by atoms with van der Waals surface area (Å²) in [5, 5.41) is 3.01. The molecule has 0 spiro atoms. The Balaban J connectivity index is 1.30. The van der Waals surface area contributed by atoms with Crippen LogP contribution in [0.25, 0.3) is 11.0 Å². The van der Waals surface area contributed by atoms with Crippen molar-refractivity contribution in [2.24, 2.45) is 0 Å². The third kappa shape index (κ3) is 6.94. The normalized spacial score (nSPS) is 11.2. The Morgan fingerprint density at radius 3 is 2.66 bits per heavy atom. The van der Waals surface area contributed by atoms with Gasteiger partial charge in [-0.3, -0.25) is 4.79 Å². The molecule has 0 fully saturated rings. The second kappa shape index (κ2) is 13.1. The van der Waals surface area contributed by atoms with Gasteiger partial charge in [-0.25, -0.2) is 4.98 Å². The number of hydrogen-bond acceptors (Lipinski definition) is 4. The highest BCUT2D eigenvalue weighted by molar-refractivity contribution is 5.94. The van der Waals surface area contributed by atoms with Crippen LogP contribution < -0.4 is 14.8 Å². The number of imidazole rings is 1. The number of aryl methyl sites for hydroxylation is 2. The summed E-state index contributed by atoms with van der Waals surface area (Å²) < 4.78 is 13.8. The van der Waals surface area contributed by atoms with E-state index in [1.807, 2.05) is 18.2 Å². The average Bonchev–Trinajstić information content (AvgIpc) is 3.27. The Labute approximate surface area is 226 Å². The predicted molar refractivity (Wildman–Crippen MR) is 153 cm³/mol. The van der Waals surface area contributed by atoms with Gasteiger partial charge in [-0.15, -0.1) is 0 Å². The Morgan fingerprint density at radius 1 is 1.00 bits per heavy atom. The molecule has 0 unspecified atom stereocenters. The number of ether oxygens (including phenoxy) is 2. The van der Waals surface area contributed by atoms with Crippen LogP contribution in [0.1, 0.15) is 66.3 Å². The topological polar surface area (TPSA) is 65.4 Å². The largest absolute Gasteiger partial charge is 0.497 e. The van der Waals surface area contributed by atoms with E-state index in [4.69, 9.17) is 14.5 Å². The summed E-state index contributed by atoms with van der Waals surface area (Å²) in [6.07, 6.45) is 3.83. The Bertz CT molecular complexity index is 1360. The fraction of sp³-hybridized carbons (Fsp3) is 0.375. The third-order valence-corrected chi connectivity index (χ3v) is 6.79. The summed E-state index contributed by atoms with van der Waals surface area (Å²) in [6, 6.07) is 22.0. The molecule has 6 nitrogen and oxygen atoms in total. The van der Waals surface area contributed by atoms with E-state index in [2.05, 4.69) is 67.1 Å². The predicted octanol–water partition coefficient (Wildman–Crippen LogP) is 6.70. The number of fused-ring (bicyclic) bond motifs is 1. The number of aromatic nitrogens is 2. The molecule has 0 bridgehead atoms. The number of unbranched alkanes of at least 4 members (excludes halogenated alkanes) is 2. The molecule has 6 heteroatoms. The molecule has 0 saturated heterocycles. The van der Waals surface area contributed by atoms with Crippen molar-refractivity contribution in [3.8, 4) is 11.5 Å². The zero-order valence-electron chi connectivity index (χ0n) is 23.0. The van der Waals surface area contributed by atoms with Crippen LogP contribution in [-0.4, -0.2) is 35.7 Å². The maximum absolute atomic E-state index is 12.4. The lowest BCUT2D eigenvalue weighted by Crippen LogP contribution is -2.24. The molecule has 0 atom stereocenters. The molecule has 200 valence electrons. The molecule has 0 aliphatic rings. The van der Waals surface area contributed by atoms with Gasteiger partial charge in [0.25, 0.3) is 5.91 Å². The van der Waals surface area contributed by atoms with Gasteiger partial charge in [0.2, 0.25) is 0 Å². The Kier molecular flexibility index (Phi) is 9.41. The van der Waals surface area contributed by atoms with Gasteiger partial charge < -0.3 is 19.4 Å². The number of nitrogens with zero attached hydrogens (tertiary/aromatic N) is 2. The van der Waals surface area contributed by atoms with Gasteiger partial charge in [0.05, 0.1) is 24.7 Å². The summed E-state index contributed by atoms with van der Waals surface area (Å²) in [4.78, 5) is 17.3. The minimum absolute atomic E-state index is 0.0695. The van der Waals surface area contributed by atoms with Crippen LogP contribution in [-0.2, 0) is 13.0 Å². The van der Waals surface area contributed by atoms with Crippen LogP contribution in [0.15, 0.2) is 66.7 Å². The van der Waals surface area contributed by atoms with Gasteiger partial charge in [-0.2, -0.15) is 0 Å². The van der Waals surface area contributed by atoms with E-state index < -0.39 is 0 Å². The van der Waals surface area contributed by atoms with Gasteiger partial charge in [-0.1, -0.05) is 50.6 Å². The maximum Gasteiger partial charge on any atom is 0.251 e. The number of hydrogen-bond donors (Lipinski definition) is 1. The van der Waals surface area contributed by atoms with Crippen LogP contribution in [0.2, 0.25) is 0 Å². The van der Waals surface area contributed by atoms with Crippen LogP contribution >= 0.6 is 0 Å². The highest BCUT2D eigenvalue weighted by Gasteiger charge is 2.12. The van der Waals surface area contributed by atoms with Crippen LogP contribution in [0.5, 0.6) is 11.5 Å². The smallest absolute Gasteiger partial charge is 0.251 e. The second-order valence-corrected chi connectivity index (χ2v) is 10.0. The van der Waals surface area contributed by atoms with Gasteiger partial charge in [0.15, 0.2) is 0 Å². The maximum atomic E-state index is 12.4. The molecule has 0 radical (unpaired) electrons. The molecular formula is C32H39N3O3. The van der Waals surface area contributed by atoms with Gasteiger partial charge >= 0.3 is 0 Å². The van der Waals surface area contributed by atoms with E-state index in [0.717, 1.165) is 54.8 Å². The van der Waals surface area contributed by atoms with Crippen molar-refractivity contribution in [3.63, 3.8) is 0 Å². The van der Waals surface area contributed by atoms with E-state index >= 15 is 0 Å². The van der Waals surface area contributed by atoms with Gasteiger partial charge in [-0.05, 0) is 73.2 Å². The fourth-order valence-electron chi connectivity index (χ4n) is 4.71. The zero-order chi connectivity index (χ0) is 26.9. The first kappa shape index (κ1) is 27.2. The van der Waals surface area contributed by atoms with Crippen LogP contribution in [0.3, 0.4) is 0 Å². The summed E-state index contributed by atoms with van der Waals surface area (Å²) in [5.41, 5.74) is 5.23. The first-order valence-corrected chi connectivity index (χ1v) is 13.6. The second-order valence-electron chi connectivity index (χ2n) is 10.0. The summed E-state index contributed by atoms with van der Waals surface area (Å²) in [7, 11) is 1.60. The summed E-state index contributed by atoms with van der Waals surface area (Å²) >= 11 is 0. The minimum Gasteiger partial charge on any atom is -0.497 e. The van der Waals surface area contributed by atoms with Crippen molar-refractivity contribution in [3.05, 3.63) is 89.2 Å². The lowest BCUT2D eigenvalue weighted by Gasteiger charge is -2.16. The van der Waals surface area contributed by atoms with Crippen molar-refractivity contribution in [1.82, 2.24) is 14.9 Å². The minimum atomic E-state index is -0.0695. The number of para-hydroxylation sites is 2. The van der Waals surface area contributed by atoms with Crippen molar-refractivity contribution in [1.29, 1.82) is 0 Å². The van der Waals surface area contributed by atoms with Crippen molar-refractivity contribution in [2.75, 3.05) is 20.3 Å². The molecule has 1 N–H and O–H groups in total. The monoisotopic (exact) mass is 513 g/mol. The van der Waals surface area contributed by atoms with E-state index in [9.17, 15) is 4.79 Å². The molecule has 1 aromatic heterocycles. The fourth-order valence-corrected chi connectivity index (χ4v) is 4.71. The zero-order valence-corrected chi connectivity index (χ0v) is 23.0. The van der Waals surface area contributed by atoms with E-state index in [1.165, 1.54) is 11.1 Å². The van der Waals surface area contributed by atoms with Crippen LogP contribution in [0.4, 0.5) is 0 Å². The number of carbonyl (C=O) groups excluding carboxylic acids is 1. The number of benzene rings is 3. The van der Waals surface area contributed by atoms with Gasteiger partial charge in [0.1, 0.15) is 23.9 Å². The van der Waals surface area contributed by atoms with Crippen molar-refractivity contribution in [2.45, 2.75) is 58.9 Å². The third-order valence-electron chi connectivity index (χ3n) is 6.79. The van der Waals surface area contributed by atoms with Crippen LogP contribution in [0, 0.1) is 6.92 Å². The van der Waals surface area contributed by atoms with Crippen molar-refractivity contribution >= 4 is 16.9 Å². The lowest BCUT2D eigenvalue weighted by molar-refractivity contribution is 0.0952. The molecule has 3 aromatic carbocycles. The molecule has 38 heavy (non-hydrogen) atoms.